The van der Waals surface area contributed by atoms with E-state index in [0.29, 0.717) is 12.4 Å². The first-order valence-electron chi connectivity index (χ1n) is 4.70. The third-order valence-corrected chi connectivity index (χ3v) is 2.70. The molecular formula is C11H10BrFN2O. The Morgan fingerprint density at radius 3 is 3.00 bits per heavy atom. The summed E-state index contributed by atoms with van der Waals surface area (Å²) in [6.07, 6.45) is 3.57. The van der Waals surface area contributed by atoms with E-state index in [1.54, 1.807) is 16.9 Å². The van der Waals surface area contributed by atoms with Crippen LogP contribution in [0.4, 0.5) is 4.39 Å². The van der Waals surface area contributed by atoms with Crippen LogP contribution in [0.1, 0.15) is 5.56 Å². The summed E-state index contributed by atoms with van der Waals surface area (Å²) in [6.45, 7) is 0.371. The van der Waals surface area contributed by atoms with Crippen LogP contribution in [0.15, 0.2) is 35.1 Å². The molecule has 5 heteroatoms. The van der Waals surface area contributed by atoms with Crippen molar-refractivity contribution in [3.63, 3.8) is 0 Å². The van der Waals surface area contributed by atoms with Crippen molar-refractivity contribution in [1.29, 1.82) is 0 Å². The Morgan fingerprint density at radius 1 is 1.50 bits per heavy atom. The zero-order chi connectivity index (χ0) is 11.5. The Morgan fingerprint density at radius 2 is 2.31 bits per heavy atom. The van der Waals surface area contributed by atoms with Gasteiger partial charge in [0.15, 0.2) is 0 Å². The van der Waals surface area contributed by atoms with E-state index in [9.17, 15) is 4.39 Å². The topological polar surface area (TPSA) is 27.1 Å². The molecular weight excluding hydrogens is 275 g/mol. The van der Waals surface area contributed by atoms with Gasteiger partial charge in [-0.2, -0.15) is 5.10 Å². The van der Waals surface area contributed by atoms with Crippen LogP contribution in [0, 0.1) is 5.82 Å². The number of aromatic nitrogens is 2. The summed E-state index contributed by atoms with van der Waals surface area (Å²) in [7, 11) is 1.83. The monoisotopic (exact) mass is 284 g/mol. The molecule has 2 aromatic rings. The molecule has 0 aliphatic rings. The van der Waals surface area contributed by atoms with E-state index >= 15 is 0 Å². The number of halogens is 2. The van der Waals surface area contributed by atoms with Crippen LogP contribution in [-0.2, 0) is 13.7 Å². The smallest absolute Gasteiger partial charge is 0.136 e. The number of nitrogens with zero attached hydrogens (tertiary/aromatic N) is 2. The molecule has 1 heterocycles. The lowest BCUT2D eigenvalue weighted by molar-refractivity contribution is 0.302. The average molecular weight is 285 g/mol. The van der Waals surface area contributed by atoms with Crippen molar-refractivity contribution in [2.24, 2.45) is 7.05 Å². The molecule has 1 aromatic carbocycles. The molecule has 0 amide bonds. The lowest BCUT2D eigenvalue weighted by Gasteiger charge is -2.06. The van der Waals surface area contributed by atoms with E-state index in [1.165, 1.54) is 12.1 Å². The predicted octanol–water partition coefficient (Wildman–Crippen LogP) is 2.90. The fourth-order valence-corrected chi connectivity index (χ4v) is 1.66. The molecule has 0 spiro atoms. The van der Waals surface area contributed by atoms with Crippen molar-refractivity contribution in [2.75, 3.05) is 0 Å². The maximum Gasteiger partial charge on any atom is 0.136 e. The molecule has 0 aliphatic heterocycles. The highest BCUT2D eigenvalue weighted by Crippen LogP contribution is 2.26. The van der Waals surface area contributed by atoms with Crippen molar-refractivity contribution in [1.82, 2.24) is 9.78 Å². The van der Waals surface area contributed by atoms with Gasteiger partial charge in [0.2, 0.25) is 0 Å². The standard InChI is InChI=1S/C11H10BrFN2O/c1-15-6-8(5-14-15)7-16-11-4-9(13)2-3-10(11)12/h2-6H,7H2,1H3. The molecule has 2 rings (SSSR count). The van der Waals surface area contributed by atoms with Gasteiger partial charge in [0.05, 0.1) is 10.7 Å². The quantitative estimate of drug-likeness (QED) is 0.867. The first-order valence-corrected chi connectivity index (χ1v) is 5.50. The molecule has 1 aromatic heterocycles. The largest absolute Gasteiger partial charge is 0.487 e. The highest BCUT2D eigenvalue weighted by atomic mass is 79.9. The molecule has 0 saturated carbocycles. The van der Waals surface area contributed by atoms with E-state index in [2.05, 4.69) is 21.0 Å². The van der Waals surface area contributed by atoms with Gasteiger partial charge >= 0.3 is 0 Å². The van der Waals surface area contributed by atoms with E-state index in [4.69, 9.17) is 4.74 Å². The number of ether oxygens (including phenoxy) is 1. The normalized spacial score (nSPS) is 10.4. The molecule has 3 nitrogen and oxygen atoms in total. The Balaban J connectivity index is 2.07. The fourth-order valence-electron chi connectivity index (χ4n) is 1.30. The summed E-state index contributed by atoms with van der Waals surface area (Å²) >= 11 is 3.30. The Kier molecular flexibility index (Phi) is 3.24. The number of benzene rings is 1. The van der Waals surface area contributed by atoms with Crippen LogP contribution in [0.3, 0.4) is 0 Å². The van der Waals surface area contributed by atoms with Gasteiger partial charge in [0.25, 0.3) is 0 Å². The van der Waals surface area contributed by atoms with Gasteiger partial charge in [-0.25, -0.2) is 4.39 Å². The van der Waals surface area contributed by atoms with E-state index < -0.39 is 0 Å². The summed E-state index contributed by atoms with van der Waals surface area (Å²) in [4.78, 5) is 0. The first-order chi connectivity index (χ1) is 7.65. The Bertz CT molecular complexity index is 498. The Hall–Kier alpha value is -1.36. The van der Waals surface area contributed by atoms with Gasteiger partial charge in [-0.15, -0.1) is 0 Å². The van der Waals surface area contributed by atoms with Crippen molar-refractivity contribution in [3.05, 3.63) is 46.4 Å². The average Bonchev–Trinajstić information content (AvgIpc) is 2.66. The van der Waals surface area contributed by atoms with E-state index in [-0.39, 0.29) is 5.82 Å². The second kappa shape index (κ2) is 4.65. The predicted molar refractivity (Wildman–Crippen MR) is 61.6 cm³/mol. The molecule has 84 valence electrons. The van der Waals surface area contributed by atoms with Crippen LogP contribution in [0.2, 0.25) is 0 Å². The highest BCUT2D eigenvalue weighted by Gasteiger charge is 2.04. The van der Waals surface area contributed by atoms with Crippen molar-refractivity contribution < 1.29 is 9.13 Å². The zero-order valence-corrected chi connectivity index (χ0v) is 10.2. The molecule has 0 unspecified atom stereocenters. The fraction of sp³-hybridized carbons (Fsp3) is 0.182. The van der Waals surface area contributed by atoms with Crippen LogP contribution < -0.4 is 4.74 Å². The van der Waals surface area contributed by atoms with Gasteiger partial charge in [0.1, 0.15) is 18.2 Å². The van der Waals surface area contributed by atoms with Gasteiger partial charge < -0.3 is 4.74 Å². The van der Waals surface area contributed by atoms with Gasteiger partial charge in [-0.3, -0.25) is 4.68 Å². The van der Waals surface area contributed by atoms with Gasteiger partial charge in [-0.1, -0.05) is 0 Å². The lowest BCUT2D eigenvalue weighted by atomic mass is 10.3. The second-order valence-electron chi connectivity index (χ2n) is 3.39. The van der Waals surface area contributed by atoms with Crippen LogP contribution in [0.25, 0.3) is 0 Å². The third-order valence-electron chi connectivity index (χ3n) is 2.05. The van der Waals surface area contributed by atoms with Crippen LogP contribution in [0.5, 0.6) is 5.75 Å². The number of hydrogen-bond acceptors (Lipinski definition) is 2. The molecule has 0 aliphatic carbocycles. The number of aryl methyl sites for hydroxylation is 1. The van der Waals surface area contributed by atoms with Gasteiger partial charge in [0, 0.05) is 24.9 Å². The maximum absolute atomic E-state index is 13.0. The third kappa shape index (κ3) is 2.61. The Labute approximate surface area is 101 Å². The molecule has 0 fully saturated rings. The van der Waals surface area contributed by atoms with Crippen LogP contribution >= 0.6 is 15.9 Å². The summed E-state index contributed by atoms with van der Waals surface area (Å²) < 4.78 is 20.9. The minimum atomic E-state index is -0.315. The van der Waals surface area contributed by atoms with Crippen molar-refractivity contribution in [2.45, 2.75) is 6.61 Å². The van der Waals surface area contributed by atoms with Crippen LogP contribution in [-0.4, -0.2) is 9.78 Å². The summed E-state index contributed by atoms with van der Waals surface area (Å²) in [5.41, 5.74) is 0.943. The number of rotatable bonds is 3. The van der Waals surface area contributed by atoms with Crippen molar-refractivity contribution >= 4 is 15.9 Å². The SMILES string of the molecule is Cn1cc(COc2cc(F)ccc2Br)cn1. The number of hydrogen-bond donors (Lipinski definition) is 0. The minimum absolute atomic E-state index is 0.315. The summed E-state index contributed by atoms with van der Waals surface area (Å²) in [6, 6.07) is 4.34. The van der Waals surface area contributed by atoms with Gasteiger partial charge in [-0.05, 0) is 28.1 Å². The summed E-state index contributed by atoms with van der Waals surface area (Å²) in [5.74, 6) is 0.174. The zero-order valence-electron chi connectivity index (χ0n) is 8.65. The van der Waals surface area contributed by atoms with Crippen molar-refractivity contribution in [3.8, 4) is 5.75 Å². The molecule has 0 atom stereocenters. The molecule has 0 saturated heterocycles. The second-order valence-corrected chi connectivity index (χ2v) is 4.24. The van der Waals surface area contributed by atoms with E-state index in [0.717, 1.165) is 10.0 Å². The highest BCUT2D eigenvalue weighted by molar-refractivity contribution is 9.10. The minimum Gasteiger partial charge on any atom is -0.487 e. The summed E-state index contributed by atoms with van der Waals surface area (Å²) in [5, 5.41) is 4.02. The molecule has 0 radical (unpaired) electrons. The van der Waals surface area contributed by atoms with E-state index in [1.807, 2.05) is 13.2 Å². The first kappa shape index (κ1) is 11.1. The molecule has 0 N–H and O–H groups in total. The molecule has 0 bridgehead atoms. The lowest BCUT2D eigenvalue weighted by Crippen LogP contribution is -1.95. The maximum atomic E-state index is 13.0. The molecule has 16 heavy (non-hydrogen) atoms.